The molecule has 3 heterocycles. The number of rotatable bonds is 6. The van der Waals surface area contributed by atoms with Crippen molar-refractivity contribution < 1.29 is 23.1 Å². The predicted molar refractivity (Wildman–Crippen MR) is 143 cm³/mol. The number of nitrogens with zero attached hydrogens (tertiary/aromatic N) is 3. The number of carbonyl (C=O) groups excluding carboxylic acids is 2. The Hall–Kier alpha value is -3.47. The highest BCUT2D eigenvalue weighted by atomic mass is 32.1. The summed E-state index contributed by atoms with van der Waals surface area (Å²) >= 11 is 1.33. The van der Waals surface area contributed by atoms with Crippen LogP contribution in [0.1, 0.15) is 22.5 Å². The van der Waals surface area contributed by atoms with Gasteiger partial charge in [0.2, 0.25) is 5.91 Å². The van der Waals surface area contributed by atoms with E-state index in [0.717, 1.165) is 24.7 Å². The Morgan fingerprint density at radius 2 is 1.79 bits per heavy atom. The summed E-state index contributed by atoms with van der Waals surface area (Å²) in [6, 6.07) is 15.9. The predicted octanol–water partition coefficient (Wildman–Crippen LogP) is 4.33. The number of thiazole rings is 1. The largest absolute Gasteiger partial charge is 0.379 e. The van der Waals surface area contributed by atoms with Crippen molar-refractivity contribution in [1.29, 1.82) is 0 Å². The van der Waals surface area contributed by atoms with E-state index < -0.39 is 29.7 Å². The number of alkyl halides is 2. The number of hydrogen-bond acceptors (Lipinski definition) is 6. The van der Waals surface area contributed by atoms with E-state index >= 15 is 8.78 Å². The average Bonchev–Trinajstić information content (AvgIpc) is 3.40. The lowest BCUT2D eigenvalue weighted by molar-refractivity contribution is -0.116. The molecule has 5 rings (SSSR count). The molecule has 1 aromatic heterocycles. The van der Waals surface area contributed by atoms with Gasteiger partial charge in [-0.2, -0.15) is 0 Å². The molecular weight excluding hydrogens is 510 g/mol. The van der Waals surface area contributed by atoms with Crippen LogP contribution < -0.4 is 10.2 Å². The second-order valence-corrected chi connectivity index (χ2v) is 9.99. The van der Waals surface area contributed by atoms with Gasteiger partial charge in [-0.3, -0.25) is 14.5 Å². The Morgan fingerprint density at radius 3 is 2.58 bits per heavy atom. The smallest absolute Gasteiger partial charge is 0.277 e. The summed E-state index contributed by atoms with van der Waals surface area (Å²) in [6.45, 7) is 3.59. The van der Waals surface area contributed by atoms with Gasteiger partial charge in [0, 0.05) is 67.3 Å². The van der Waals surface area contributed by atoms with Crippen molar-refractivity contribution in [3.63, 3.8) is 0 Å². The standard InChI is InChI=1S/C28H28F2N4O3S/c29-28(30)10-12-34(27(36)23-19-38-26(32-23)20-6-2-1-3-7-20)24-9-5-4-8-21(24)22(28)18-25(35)31-11-13-33-14-16-37-17-15-33/h1-9,18-19H,10-17H2,(H,31,35)/b22-18-. The average molecular weight is 539 g/mol. The number of carbonyl (C=O) groups is 2. The number of benzene rings is 2. The summed E-state index contributed by atoms with van der Waals surface area (Å²) in [5.41, 5.74) is 1.17. The lowest BCUT2D eigenvalue weighted by Gasteiger charge is -2.26. The molecule has 1 fully saturated rings. The monoisotopic (exact) mass is 538 g/mol. The maximum Gasteiger partial charge on any atom is 0.277 e. The molecule has 0 radical (unpaired) electrons. The minimum atomic E-state index is -3.30. The Labute approximate surface area is 223 Å². The number of halogens is 2. The molecule has 38 heavy (non-hydrogen) atoms. The number of allylic oxidation sites excluding steroid dienone is 1. The minimum absolute atomic E-state index is 0.158. The van der Waals surface area contributed by atoms with Crippen LogP contribution >= 0.6 is 11.3 Å². The fourth-order valence-corrected chi connectivity index (χ4v) is 5.40. The number of morpholine rings is 1. The van der Waals surface area contributed by atoms with Crippen LogP contribution in [0.15, 0.2) is 66.1 Å². The molecule has 0 saturated carbocycles. The quantitative estimate of drug-likeness (QED) is 0.473. The van der Waals surface area contributed by atoms with E-state index in [9.17, 15) is 9.59 Å². The maximum absolute atomic E-state index is 15.4. The molecule has 2 aliphatic heterocycles. The molecule has 2 amide bonds. The third kappa shape index (κ3) is 5.82. The van der Waals surface area contributed by atoms with E-state index in [1.165, 1.54) is 22.3 Å². The van der Waals surface area contributed by atoms with Gasteiger partial charge in [0.25, 0.3) is 11.8 Å². The van der Waals surface area contributed by atoms with Crippen molar-refractivity contribution in [1.82, 2.24) is 15.2 Å². The Kier molecular flexibility index (Phi) is 7.92. The maximum atomic E-state index is 15.4. The number of fused-ring (bicyclic) bond motifs is 1. The summed E-state index contributed by atoms with van der Waals surface area (Å²) in [7, 11) is 0. The molecule has 0 spiro atoms. The molecule has 1 N–H and O–H groups in total. The first kappa shape index (κ1) is 26.1. The van der Waals surface area contributed by atoms with Crippen molar-refractivity contribution in [3.05, 3.63) is 77.3 Å². The number of aromatic nitrogens is 1. The topological polar surface area (TPSA) is 74.8 Å². The SMILES string of the molecule is O=C(/C=C1/c2ccccc2N(C(=O)c2csc(-c3ccccc3)n2)CCC1(F)F)NCCN1CCOCC1. The number of amides is 2. The Balaban J connectivity index is 1.37. The molecular formula is C28H28F2N4O3S. The molecule has 0 aliphatic carbocycles. The highest BCUT2D eigenvalue weighted by molar-refractivity contribution is 7.13. The van der Waals surface area contributed by atoms with Gasteiger partial charge in [0.1, 0.15) is 10.7 Å². The second kappa shape index (κ2) is 11.5. The van der Waals surface area contributed by atoms with Gasteiger partial charge in [-0.15, -0.1) is 11.3 Å². The third-order valence-electron chi connectivity index (χ3n) is 6.62. The summed E-state index contributed by atoms with van der Waals surface area (Å²) in [5.74, 6) is -4.35. The van der Waals surface area contributed by atoms with Crippen molar-refractivity contribution in [2.24, 2.45) is 0 Å². The molecule has 0 unspecified atom stereocenters. The van der Waals surface area contributed by atoms with E-state index in [1.807, 2.05) is 30.3 Å². The van der Waals surface area contributed by atoms with Crippen LogP contribution in [0.4, 0.5) is 14.5 Å². The lowest BCUT2D eigenvalue weighted by atomic mass is 9.97. The molecule has 0 atom stereocenters. The summed E-state index contributed by atoms with van der Waals surface area (Å²) in [6.07, 6.45) is 0.360. The van der Waals surface area contributed by atoms with Gasteiger partial charge in [-0.05, 0) is 6.07 Å². The van der Waals surface area contributed by atoms with Crippen LogP contribution in [0.2, 0.25) is 0 Å². The fraction of sp³-hybridized carbons (Fsp3) is 0.321. The van der Waals surface area contributed by atoms with Crippen molar-refractivity contribution >= 4 is 34.4 Å². The number of ether oxygens (including phenoxy) is 1. The Bertz CT molecular complexity index is 1320. The zero-order valence-electron chi connectivity index (χ0n) is 20.7. The molecule has 0 bridgehead atoms. The van der Waals surface area contributed by atoms with E-state index in [4.69, 9.17) is 4.74 Å². The van der Waals surface area contributed by atoms with Crippen LogP contribution in [0, 0.1) is 0 Å². The zero-order valence-corrected chi connectivity index (χ0v) is 21.6. The number of nitrogens with one attached hydrogen (secondary N) is 1. The number of anilines is 1. The molecule has 10 heteroatoms. The lowest BCUT2D eigenvalue weighted by Crippen LogP contribution is -2.41. The van der Waals surface area contributed by atoms with Crippen molar-refractivity contribution in [3.8, 4) is 10.6 Å². The molecule has 3 aromatic rings. The molecule has 7 nitrogen and oxygen atoms in total. The second-order valence-electron chi connectivity index (χ2n) is 9.14. The van der Waals surface area contributed by atoms with Gasteiger partial charge in [0.15, 0.2) is 0 Å². The van der Waals surface area contributed by atoms with Crippen LogP contribution in [-0.2, 0) is 9.53 Å². The normalized spacial score (nSPS) is 18.6. The number of hydrogen-bond donors (Lipinski definition) is 1. The van der Waals surface area contributed by atoms with Crippen molar-refractivity contribution in [2.45, 2.75) is 12.3 Å². The first-order valence-corrected chi connectivity index (χ1v) is 13.4. The van der Waals surface area contributed by atoms with Crippen LogP contribution in [0.25, 0.3) is 16.1 Å². The summed E-state index contributed by atoms with van der Waals surface area (Å²) in [4.78, 5) is 34.2. The summed E-state index contributed by atoms with van der Waals surface area (Å²) in [5, 5.41) is 5.05. The van der Waals surface area contributed by atoms with E-state index in [0.29, 0.717) is 37.0 Å². The van der Waals surface area contributed by atoms with Gasteiger partial charge >= 0.3 is 0 Å². The van der Waals surface area contributed by atoms with Crippen LogP contribution in [0.3, 0.4) is 0 Å². The van der Waals surface area contributed by atoms with E-state index in [1.54, 1.807) is 23.6 Å². The molecule has 1 saturated heterocycles. The van der Waals surface area contributed by atoms with Crippen molar-refractivity contribution in [2.75, 3.05) is 50.8 Å². The van der Waals surface area contributed by atoms with Gasteiger partial charge in [0.05, 0.1) is 18.9 Å². The Morgan fingerprint density at radius 1 is 1.05 bits per heavy atom. The van der Waals surface area contributed by atoms with Gasteiger partial charge < -0.3 is 15.0 Å². The molecule has 2 aliphatic rings. The first-order chi connectivity index (χ1) is 18.4. The first-order valence-electron chi connectivity index (χ1n) is 12.5. The minimum Gasteiger partial charge on any atom is -0.379 e. The number of para-hydroxylation sites is 1. The van der Waals surface area contributed by atoms with E-state index in [-0.39, 0.29) is 17.8 Å². The van der Waals surface area contributed by atoms with Crippen LogP contribution in [-0.4, -0.2) is 73.6 Å². The van der Waals surface area contributed by atoms with Gasteiger partial charge in [-0.25, -0.2) is 13.8 Å². The summed E-state index contributed by atoms with van der Waals surface area (Å²) < 4.78 is 36.2. The van der Waals surface area contributed by atoms with Gasteiger partial charge in [-0.1, -0.05) is 48.5 Å². The third-order valence-corrected chi connectivity index (χ3v) is 7.52. The highest BCUT2D eigenvalue weighted by Crippen LogP contribution is 2.43. The molecule has 2 aromatic carbocycles. The molecule has 198 valence electrons. The highest BCUT2D eigenvalue weighted by Gasteiger charge is 2.41. The van der Waals surface area contributed by atoms with Crippen LogP contribution in [0.5, 0.6) is 0 Å². The fourth-order valence-electron chi connectivity index (χ4n) is 4.60. The zero-order chi connectivity index (χ0) is 26.5. The van der Waals surface area contributed by atoms with E-state index in [2.05, 4.69) is 15.2 Å².